The molecule has 0 aliphatic heterocycles. The van der Waals surface area contributed by atoms with E-state index >= 15 is 0 Å². The van der Waals surface area contributed by atoms with E-state index in [0.29, 0.717) is 42.8 Å². The number of nitrogens with one attached hydrogen (secondary N) is 1. The molecule has 1 fully saturated rings. The highest BCUT2D eigenvalue weighted by Gasteiger charge is 2.51. The zero-order chi connectivity index (χ0) is 28.4. The molecule has 41 heavy (non-hydrogen) atoms. The third-order valence-corrected chi connectivity index (χ3v) is 7.95. The predicted molar refractivity (Wildman–Crippen MR) is 159 cm³/mol. The molecule has 6 rings (SSSR count). The average Bonchev–Trinajstić information content (AvgIpc) is 3.74. The summed E-state index contributed by atoms with van der Waals surface area (Å²) in [4.78, 5) is 16.3. The lowest BCUT2D eigenvalue weighted by molar-refractivity contribution is -0.140. The van der Waals surface area contributed by atoms with Gasteiger partial charge in [-0.05, 0) is 60.4 Å². The van der Waals surface area contributed by atoms with Crippen LogP contribution in [0.4, 0.5) is 11.5 Å². The molecule has 7 heteroatoms. The van der Waals surface area contributed by atoms with E-state index in [9.17, 15) is 9.90 Å². The number of aliphatic carboxylic acids is 1. The Hall–Kier alpha value is -4.65. The Bertz CT molecular complexity index is 1610. The highest BCUT2D eigenvalue weighted by Crippen LogP contribution is 2.48. The van der Waals surface area contributed by atoms with E-state index in [1.54, 1.807) is 0 Å². The zero-order valence-corrected chi connectivity index (χ0v) is 23.3. The lowest BCUT2D eigenvalue weighted by atomic mass is 9.93. The second-order valence-corrected chi connectivity index (χ2v) is 10.9. The maximum atomic E-state index is 11.6. The number of benzene rings is 2. The Morgan fingerprint density at radius 2 is 1.76 bits per heavy atom. The van der Waals surface area contributed by atoms with Crippen molar-refractivity contribution in [1.29, 1.82) is 0 Å². The molecule has 2 N–H and O–H groups in total. The first-order valence-electron chi connectivity index (χ1n) is 14.1. The normalized spacial score (nSPS) is 17.1. The number of rotatable bonds is 10. The van der Waals surface area contributed by atoms with Gasteiger partial charge in [0.15, 0.2) is 5.76 Å². The van der Waals surface area contributed by atoms with Crippen LogP contribution in [0.15, 0.2) is 95.1 Å². The van der Waals surface area contributed by atoms with Crippen molar-refractivity contribution in [3.05, 3.63) is 102 Å². The summed E-state index contributed by atoms with van der Waals surface area (Å²) in [7, 11) is 0. The summed E-state index contributed by atoms with van der Waals surface area (Å²) in [6, 6.07) is 21.6. The molecule has 208 valence electrons. The number of carbonyl (C=O) groups is 1. The van der Waals surface area contributed by atoms with Crippen LogP contribution in [-0.2, 0) is 10.2 Å². The highest BCUT2D eigenvalue weighted by molar-refractivity contribution is 5.85. The van der Waals surface area contributed by atoms with Gasteiger partial charge in [0.25, 0.3) is 0 Å². The van der Waals surface area contributed by atoms with E-state index < -0.39 is 11.4 Å². The molecule has 0 radical (unpaired) electrons. The van der Waals surface area contributed by atoms with Crippen molar-refractivity contribution < 1.29 is 19.2 Å². The van der Waals surface area contributed by atoms with Crippen LogP contribution in [0.2, 0.25) is 0 Å². The summed E-state index contributed by atoms with van der Waals surface area (Å²) in [6.07, 6.45) is 10.0. The van der Waals surface area contributed by atoms with Gasteiger partial charge in [-0.15, -0.1) is 0 Å². The minimum Gasteiger partial charge on any atom is -0.481 e. The first-order chi connectivity index (χ1) is 19.9. The molecule has 7 nitrogen and oxygen atoms in total. The van der Waals surface area contributed by atoms with Gasteiger partial charge in [-0.2, -0.15) is 4.98 Å². The van der Waals surface area contributed by atoms with Gasteiger partial charge in [0.1, 0.15) is 17.2 Å². The number of carboxylic acids is 1. The third-order valence-electron chi connectivity index (χ3n) is 7.95. The summed E-state index contributed by atoms with van der Waals surface area (Å²) in [5, 5.41) is 17.1. The fourth-order valence-electron chi connectivity index (χ4n) is 5.18. The first kappa shape index (κ1) is 26.6. The minimum atomic E-state index is -0.740. The number of hydrogen-bond acceptors (Lipinski definition) is 6. The van der Waals surface area contributed by atoms with Crippen LogP contribution < -0.4 is 10.1 Å². The number of carboxylic acid groups (broad SMARTS) is 1. The largest absolute Gasteiger partial charge is 0.481 e. The molecule has 0 saturated heterocycles. The molecule has 2 aliphatic carbocycles. The van der Waals surface area contributed by atoms with Crippen LogP contribution in [-0.4, -0.2) is 27.8 Å². The molecule has 0 spiro atoms. The number of aryl methyl sites for hydroxylation is 1. The molecule has 1 saturated carbocycles. The monoisotopic (exact) mass is 547 g/mol. The standard InChI is InChI=1S/C34H33N3O4/c1-22-6-8-24(9-7-22)18-21-40-30-5-3-4-29(35-30)36-31-23(2)37-41-32(31)27-12-10-25(11-13-27)26-14-16-28(17-15-26)34(19-20-34)33(38)39/h3-6,8-17,22H,7,18-21H2,1-2H3,(H,35,36)(H,38,39). The van der Waals surface area contributed by atoms with Crippen molar-refractivity contribution in [1.82, 2.24) is 10.1 Å². The van der Waals surface area contributed by atoms with Crippen molar-refractivity contribution >= 4 is 17.5 Å². The summed E-state index contributed by atoms with van der Waals surface area (Å²) >= 11 is 0. The molecular formula is C34H33N3O4. The minimum absolute atomic E-state index is 0.561. The van der Waals surface area contributed by atoms with Gasteiger partial charge in [0.2, 0.25) is 5.88 Å². The second-order valence-electron chi connectivity index (χ2n) is 10.9. The van der Waals surface area contributed by atoms with E-state index in [2.05, 4.69) is 40.6 Å². The number of aromatic nitrogens is 2. The smallest absolute Gasteiger partial charge is 0.314 e. The number of pyridine rings is 1. The van der Waals surface area contributed by atoms with Gasteiger partial charge in [-0.1, -0.05) is 84.9 Å². The second kappa shape index (κ2) is 11.1. The Morgan fingerprint density at radius 3 is 2.41 bits per heavy atom. The molecule has 2 aliphatic rings. The van der Waals surface area contributed by atoms with Gasteiger partial charge in [-0.25, -0.2) is 0 Å². The Labute approximate surface area is 239 Å². The van der Waals surface area contributed by atoms with E-state index in [1.807, 2.05) is 73.7 Å². The maximum absolute atomic E-state index is 11.6. The number of hydrogen-bond donors (Lipinski definition) is 2. The molecule has 0 amide bonds. The van der Waals surface area contributed by atoms with Crippen molar-refractivity contribution in [3.63, 3.8) is 0 Å². The number of anilines is 2. The lowest BCUT2D eigenvalue weighted by Crippen LogP contribution is -2.19. The molecule has 2 aromatic heterocycles. The fraction of sp³-hybridized carbons (Fsp3) is 0.265. The zero-order valence-electron chi connectivity index (χ0n) is 23.3. The van der Waals surface area contributed by atoms with Gasteiger partial charge < -0.3 is 19.7 Å². The molecule has 1 atom stereocenters. The number of allylic oxidation sites excluding steroid dienone is 3. The van der Waals surface area contributed by atoms with Crippen molar-refractivity contribution in [2.24, 2.45) is 5.92 Å². The summed E-state index contributed by atoms with van der Waals surface area (Å²) < 4.78 is 11.7. The highest BCUT2D eigenvalue weighted by atomic mass is 16.5. The topological polar surface area (TPSA) is 97.5 Å². The van der Waals surface area contributed by atoms with Crippen LogP contribution in [0.3, 0.4) is 0 Å². The first-order valence-corrected chi connectivity index (χ1v) is 14.1. The van der Waals surface area contributed by atoms with E-state index in [1.165, 1.54) is 5.57 Å². The Balaban J connectivity index is 1.13. The Morgan fingerprint density at radius 1 is 1.05 bits per heavy atom. The lowest BCUT2D eigenvalue weighted by Gasteiger charge is -2.13. The molecule has 4 aromatic rings. The van der Waals surface area contributed by atoms with Crippen molar-refractivity contribution in [3.8, 4) is 28.3 Å². The summed E-state index contributed by atoms with van der Waals surface area (Å²) in [5.41, 5.74) is 5.90. The van der Waals surface area contributed by atoms with Gasteiger partial charge in [-0.3, -0.25) is 4.79 Å². The average molecular weight is 548 g/mol. The van der Waals surface area contributed by atoms with Gasteiger partial charge >= 0.3 is 5.97 Å². The van der Waals surface area contributed by atoms with Crippen molar-refractivity contribution in [2.75, 3.05) is 11.9 Å². The van der Waals surface area contributed by atoms with Gasteiger partial charge in [0.05, 0.1) is 12.0 Å². The molecule has 2 heterocycles. The molecule has 2 aromatic carbocycles. The summed E-state index contributed by atoms with van der Waals surface area (Å²) in [5.74, 6) is 1.69. The van der Waals surface area contributed by atoms with E-state index in [4.69, 9.17) is 9.26 Å². The Kier molecular flexibility index (Phi) is 7.18. The molecule has 0 bridgehead atoms. The fourth-order valence-corrected chi connectivity index (χ4v) is 5.18. The third kappa shape index (κ3) is 5.66. The van der Waals surface area contributed by atoms with Crippen LogP contribution in [0.5, 0.6) is 5.88 Å². The van der Waals surface area contributed by atoms with E-state index in [0.717, 1.165) is 46.5 Å². The van der Waals surface area contributed by atoms with Crippen molar-refractivity contribution in [2.45, 2.75) is 44.9 Å². The molecule has 1 unspecified atom stereocenters. The van der Waals surface area contributed by atoms with Crippen LogP contribution in [0.1, 0.15) is 43.9 Å². The van der Waals surface area contributed by atoms with Gasteiger partial charge in [0, 0.05) is 18.1 Å². The van der Waals surface area contributed by atoms with E-state index in [-0.39, 0.29) is 0 Å². The SMILES string of the molecule is Cc1noc(-c2ccc(-c3ccc(C4(C(=O)O)CC4)cc3)cc2)c1Nc1cccc(OCCC2=CCC(C)C=C2)n1. The quantitative estimate of drug-likeness (QED) is 0.208. The van der Waals surface area contributed by atoms with Crippen LogP contribution in [0.25, 0.3) is 22.5 Å². The van der Waals surface area contributed by atoms with Crippen LogP contribution >= 0.6 is 0 Å². The molecular weight excluding hydrogens is 514 g/mol. The van der Waals surface area contributed by atoms with Crippen LogP contribution in [0, 0.1) is 12.8 Å². The predicted octanol–water partition coefficient (Wildman–Crippen LogP) is 7.86. The maximum Gasteiger partial charge on any atom is 0.314 e. The summed E-state index contributed by atoms with van der Waals surface area (Å²) in [6.45, 7) is 4.67. The number of ether oxygens (including phenoxy) is 1. The number of nitrogens with zero attached hydrogens (tertiary/aromatic N) is 2.